The third-order valence-corrected chi connectivity index (χ3v) is 24.3. The molecular weight excluding hydrogens is 649 g/mol. The van der Waals surface area contributed by atoms with Gasteiger partial charge in [0.05, 0.1) is 25.4 Å². The molecule has 0 aromatic heterocycles. The zero-order valence-corrected chi connectivity index (χ0v) is 36.7. The van der Waals surface area contributed by atoms with Crippen LogP contribution >= 0.6 is 0 Å². The third kappa shape index (κ3) is 8.16. The molecule has 1 saturated heterocycles. The Balaban J connectivity index is 1.30. The zero-order valence-electron chi connectivity index (χ0n) is 34.7. The Labute approximate surface area is 310 Å². The fourth-order valence-corrected chi connectivity index (χ4v) is 12.3. The summed E-state index contributed by atoms with van der Waals surface area (Å²) in [6.07, 6.45) is 23.4. The van der Waals surface area contributed by atoms with Crippen LogP contribution in [0.2, 0.25) is 36.3 Å². The first-order valence-electron chi connectivity index (χ1n) is 20.4. The number of ether oxygens (including phenoxy) is 2. The molecule has 6 atom stereocenters. The van der Waals surface area contributed by atoms with Crippen LogP contribution in [-0.2, 0) is 18.3 Å². The number of rotatable bonds is 11. The van der Waals surface area contributed by atoms with Crippen LogP contribution in [0.1, 0.15) is 133 Å². The van der Waals surface area contributed by atoms with Gasteiger partial charge in [0.2, 0.25) is 0 Å². The minimum Gasteiger partial charge on any atom is -0.413 e. The van der Waals surface area contributed by atoms with Crippen molar-refractivity contribution in [3.05, 3.63) is 47.6 Å². The van der Waals surface area contributed by atoms with E-state index < -0.39 is 16.6 Å². The summed E-state index contributed by atoms with van der Waals surface area (Å²) in [4.78, 5) is 0. The van der Waals surface area contributed by atoms with Crippen molar-refractivity contribution in [3.8, 4) is 0 Å². The normalized spacial score (nSPS) is 34.1. The first-order valence-corrected chi connectivity index (χ1v) is 26.2. The van der Waals surface area contributed by atoms with E-state index in [-0.39, 0.29) is 33.5 Å². The Morgan fingerprint density at radius 1 is 0.900 bits per heavy atom. The summed E-state index contributed by atoms with van der Waals surface area (Å²) in [5, 5.41) is 0.333. The molecule has 4 aliphatic carbocycles. The van der Waals surface area contributed by atoms with E-state index in [0.29, 0.717) is 17.3 Å². The summed E-state index contributed by atoms with van der Waals surface area (Å²) in [5.41, 5.74) is 4.82. The fourth-order valence-electron chi connectivity index (χ4n) is 9.62. The highest BCUT2D eigenvalue weighted by molar-refractivity contribution is 6.74. The highest BCUT2D eigenvalue weighted by atomic mass is 28.4. The molecule has 4 saturated carbocycles. The van der Waals surface area contributed by atoms with Crippen LogP contribution in [0.3, 0.4) is 0 Å². The van der Waals surface area contributed by atoms with E-state index in [2.05, 4.69) is 113 Å². The maximum absolute atomic E-state index is 7.12. The maximum atomic E-state index is 7.12. The van der Waals surface area contributed by atoms with Crippen molar-refractivity contribution in [2.45, 2.75) is 187 Å². The fraction of sp³-hybridized carbons (Fsp3) is 0.818. The molecule has 6 heteroatoms. The van der Waals surface area contributed by atoms with E-state index in [0.717, 1.165) is 38.4 Å². The lowest BCUT2D eigenvalue weighted by Gasteiger charge is -2.45. The number of hydrogen-bond acceptors (Lipinski definition) is 4. The van der Waals surface area contributed by atoms with E-state index in [1.165, 1.54) is 62.5 Å². The van der Waals surface area contributed by atoms with Crippen molar-refractivity contribution < 1.29 is 18.3 Å². The molecule has 0 spiro atoms. The van der Waals surface area contributed by atoms with E-state index in [1.807, 2.05) is 0 Å². The first kappa shape index (κ1) is 40.4. The van der Waals surface area contributed by atoms with Crippen molar-refractivity contribution in [2.75, 3.05) is 13.2 Å². The molecule has 0 aromatic carbocycles. The molecule has 0 bridgehead atoms. The van der Waals surface area contributed by atoms with Crippen LogP contribution in [-0.4, -0.2) is 47.8 Å². The van der Waals surface area contributed by atoms with Crippen LogP contribution in [0.15, 0.2) is 47.6 Å². The summed E-state index contributed by atoms with van der Waals surface area (Å²) in [7, 11) is -3.91. The molecule has 0 radical (unpaired) electrons. The molecule has 1 heterocycles. The van der Waals surface area contributed by atoms with Gasteiger partial charge in [-0.25, -0.2) is 0 Å². The number of allylic oxidation sites excluding steroid dienone is 5. The molecule has 284 valence electrons. The van der Waals surface area contributed by atoms with E-state index in [1.54, 1.807) is 5.57 Å². The van der Waals surface area contributed by atoms with Gasteiger partial charge in [0.1, 0.15) is 0 Å². The SMILES string of the molecule is C=C1/C(=C\C=C2/CCC[C@]3(C)[C@@H]([C@H](C)/C=C/CCC4(C5(C)OCCO5)CC4)CC[C@@H]23)C[C@@H](O[Si](C)(C)C(C)(C)C)C[C@@H]1O[Si](C)(C)C(C)(C)C. The van der Waals surface area contributed by atoms with Gasteiger partial charge in [-0.05, 0) is 142 Å². The standard InChI is InChI=1S/C44H76O4Si2/c1-32(18-15-16-25-44(26-27-44)43(10)45-28-29-46-43)37-22-23-38-34(19-17-24-42(37,38)9)20-21-35-30-36(47-49(11,12)40(3,4)5)31-39(33(35)2)48-50(13,14)41(6,7)8/h15,18,20-21,32,36-39H,2,16-17,19,22-31H2,1,3-14H3/b18-15+,34-20+,35-21-/t32-,36-,37-,38+,39+,42-/m1/s1. The highest BCUT2D eigenvalue weighted by Crippen LogP contribution is 2.61. The van der Waals surface area contributed by atoms with Crippen LogP contribution < -0.4 is 0 Å². The Morgan fingerprint density at radius 2 is 1.52 bits per heavy atom. The Morgan fingerprint density at radius 3 is 2.12 bits per heavy atom. The van der Waals surface area contributed by atoms with Crippen LogP contribution in [0.25, 0.3) is 0 Å². The van der Waals surface area contributed by atoms with Gasteiger partial charge in [-0.15, -0.1) is 0 Å². The van der Waals surface area contributed by atoms with Crippen molar-refractivity contribution >= 4 is 16.6 Å². The van der Waals surface area contributed by atoms with Crippen LogP contribution in [0.5, 0.6) is 0 Å². The zero-order chi connectivity index (χ0) is 37.0. The molecule has 5 rings (SSSR count). The molecular formula is C44H76O4Si2. The van der Waals surface area contributed by atoms with Crippen molar-refractivity contribution in [3.63, 3.8) is 0 Å². The average molecular weight is 725 g/mol. The molecule has 50 heavy (non-hydrogen) atoms. The molecule has 0 amide bonds. The molecule has 5 aliphatic rings. The second kappa shape index (κ2) is 14.5. The lowest BCUT2D eigenvalue weighted by Crippen LogP contribution is -2.49. The Hall–Kier alpha value is -0.766. The van der Waals surface area contributed by atoms with Crippen LogP contribution in [0, 0.1) is 28.6 Å². The number of fused-ring (bicyclic) bond motifs is 1. The molecule has 0 N–H and O–H groups in total. The average Bonchev–Trinajstić information content (AvgIpc) is 3.52. The van der Waals surface area contributed by atoms with Crippen LogP contribution in [0.4, 0.5) is 0 Å². The van der Waals surface area contributed by atoms with Gasteiger partial charge in [-0.1, -0.05) is 91.8 Å². The second-order valence-electron chi connectivity index (χ2n) is 20.6. The van der Waals surface area contributed by atoms with Crippen molar-refractivity contribution in [1.29, 1.82) is 0 Å². The summed E-state index contributed by atoms with van der Waals surface area (Å²) in [6, 6.07) is 0. The largest absolute Gasteiger partial charge is 0.413 e. The van der Waals surface area contributed by atoms with Crippen molar-refractivity contribution in [1.82, 2.24) is 0 Å². The lowest BCUT2D eigenvalue weighted by atomic mass is 9.61. The summed E-state index contributed by atoms with van der Waals surface area (Å²) >= 11 is 0. The van der Waals surface area contributed by atoms with Crippen molar-refractivity contribution in [2.24, 2.45) is 28.6 Å². The molecule has 0 aromatic rings. The topological polar surface area (TPSA) is 36.9 Å². The van der Waals surface area contributed by atoms with Gasteiger partial charge in [-0.3, -0.25) is 0 Å². The Kier molecular flexibility index (Phi) is 11.7. The van der Waals surface area contributed by atoms with E-state index >= 15 is 0 Å². The van der Waals surface area contributed by atoms with Gasteiger partial charge in [0, 0.05) is 11.8 Å². The van der Waals surface area contributed by atoms with Gasteiger partial charge in [0.15, 0.2) is 22.4 Å². The van der Waals surface area contributed by atoms with Gasteiger partial charge >= 0.3 is 0 Å². The predicted octanol–water partition coefficient (Wildman–Crippen LogP) is 12.7. The highest BCUT2D eigenvalue weighted by Gasteiger charge is 2.59. The second-order valence-corrected chi connectivity index (χ2v) is 30.1. The minimum absolute atomic E-state index is 0.0278. The summed E-state index contributed by atoms with van der Waals surface area (Å²) in [5.74, 6) is 1.66. The number of hydrogen-bond donors (Lipinski definition) is 0. The monoisotopic (exact) mass is 725 g/mol. The quantitative estimate of drug-likeness (QED) is 0.157. The third-order valence-electron chi connectivity index (χ3n) is 15.3. The first-order chi connectivity index (χ1) is 23.0. The molecule has 1 aliphatic heterocycles. The maximum Gasteiger partial charge on any atom is 0.192 e. The minimum atomic E-state index is -1.98. The predicted molar refractivity (Wildman–Crippen MR) is 216 cm³/mol. The van der Waals surface area contributed by atoms with E-state index in [4.69, 9.17) is 24.9 Å². The molecule has 4 nitrogen and oxygen atoms in total. The van der Waals surface area contributed by atoms with Gasteiger partial charge in [0.25, 0.3) is 0 Å². The van der Waals surface area contributed by atoms with Gasteiger partial charge in [-0.2, -0.15) is 0 Å². The molecule has 5 fully saturated rings. The summed E-state index contributed by atoms with van der Waals surface area (Å²) in [6.45, 7) is 37.1. The lowest BCUT2D eigenvalue weighted by molar-refractivity contribution is -0.193. The summed E-state index contributed by atoms with van der Waals surface area (Å²) < 4.78 is 26.4. The van der Waals surface area contributed by atoms with E-state index in [9.17, 15) is 0 Å². The van der Waals surface area contributed by atoms with Gasteiger partial charge < -0.3 is 18.3 Å². The Bertz CT molecular complexity index is 1320. The smallest absolute Gasteiger partial charge is 0.192 e. The molecule has 0 unspecified atom stereocenters.